The molecule has 0 N–H and O–H groups in total. The van der Waals surface area contributed by atoms with Gasteiger partial charge in [-0.05, 0) is 55.8 Å². The first kappa shape index (κ1) is 19.3. The summed E-state index contributed by atoms with van der Waals surface area (Å²) in [4.78, 5) is 17.0. The van der Waals surface area contributed by atoms with E-state index in [0.29, 0.717) is 17.1 Å². The Morgan fingerprint density at radius 3 is 2.52 bits per heavy atom. The number of aromatic nitrogens is 1. The van der Waals surface area contributed by atoms with Gasteiger partial charge in [0.1, 0.15) is 11.5 Å². The Labute approximate surface area is 161 Å². The molecule has 0 radical (unpaired) electrons. The number of amides is 1. The molecule has 0 unspecified atom stereocenters. The molecule has 2 aromatic carbocycles. The van der Waals surface area contributed by atoms with Crippen molar-refractivity contribution in [1.29, 1.82) is 0 Å². The molecule has 8 heteroatoms. The van der Waals surface area contributed by atoms with Crippen LogP contribution in [0.1, 0.15) is 12.5 Å². The van der Waals surface area contributed by atoms with E-state index in [2.05, 4.69) is 4.99 Å². The summed E-state index contributed by atoms with van der Waals surface area (Å²) in [6, 6.07) is 12.0. The summed E-state index contributed by atoms with van der Waals surface area (Å²) in [7, 11) is -2.26. The minimum Gasteiger partial charge on any atom is -0.497 e. The first-order chi connectivity index (χ1) is 12.8. The van der Waals surface area contributed by atoms with Crippen LogP contribution in [-0.4, -0.2) is 31.8 Å². The van der Waals surface area contributed by atoms with Gasteiger partial charge in [0.05, 0.1) is 22.2 Å². The molecule has 27 heavy (non-hydrogen) atoms. The third kappa shape index (κ3) is 4.12. The minimum atomic E-state index is -3.76. The van der Waals surface area contributed by atoms with Crippen LogP contribution in [0.25, 0.3) is 10.2 Å². The third-order valence-electron chi connectivity index (χ3n) is 4.11. The minimum absolute atomic E-state index is 0.0715. The van der Waals surface area contributed by atoms with E-state index in [0.717, 1.165) is 15.8 Å². The second-order valence-corrected chi connectivity index (χ2v) is 9.04. The molecule has 1 amide bonds. The zero-order valence-electron chi connectivity index (χ0n) is 15.3. The highest BCUT2D eigenvalue weighted by atomic mass is 32.2. The Morgan fingerprint density at radius 2 is 1.89 bits per heavy atom. The van der Waals surface area contributed by atoms with Crippen molar-refractivity contribution in [3.05, 3.63) is 52.8 Å². The van der Waals surface area contributed by atoms with Crippen LogP contribution in [0, 0.1) is 6.92 Å². The maximum absolute atomic E-state index is 12.5. The average Bonchev–Trinajstić information content (AvgIpc) is 2.96. The van der Waals surface area contributed by atoms with Crippen molar-refractivity contribution in [2.45, 2.75) is 25.3 Å². The summed E-state index contributed by atoms with van der Waals surface area (Å²) in [6.07, 6.45) is 0. The fourth-order valence-corrected chi connectivity index (χ4v) is 5.06. The van der Waals surface area contributed by atoms with Gasteiger partial charge in [-0.15, -0.1) is 0 Å². The number of aryl methyl sites for hydroxylation is 2. The van der Waals surface area contributed by atoms with Gasteiger partial charge in [-0.3, -0.25) is 4.79 Å². The molecule has 0 bridgehead atoms. The Kier molecular flexibility index (Phi) is 5.48. The summed E-state index contributed by atoms with van der Waals surface area (Å²) in [5.41, 5.74) is 2.10. The van der Waals surface area contributed by atoms with Crippen LogP contribution < -0.4 is 9.54 Å². The number of ether oxygens (including phenoxy) is 1. The summed E-state index contributed by atoms with van der Waals surface area (Å²) in [6.45, 7) is 4.60. The molecular formula is C19H20N2O4S2. The van der Waals surface area contributed by atoms with Crippen LogP contribution in [0.2, 0.25) is 0 Å². The Morgan fingerprint density at radius 1 is 1.19 bits per heavy atom. The van der Waals surface area contributed by atoms with E-state index < -0.39 is 21.5 Å². The lowest BCUT2D eigenvalue weighted by Gasteiger charge is -2.04. The Bertz CT molecular complexity index is 1160. The lowest BCUT2D eigenvalue weighted by Crippen LogP contribution is -2.20. The van der Waals surface area contributed by atoms with Crippen LogP contribution in [0.5, 0.6) is 5.75 Å². The van der Waals surface area contributed by atoms with Crippen molar-refractivity contribution >= 4 is 37.3 Å². The number of nitrogens with zero attached hydrogens (tertiary/aromatic N) is 2. The average molecular weight is 405 g/mol. The number of rotatable bonds is 5. The second-order valence-electron chi connectivity index (χ2n) is 6.04. The second kappa shape index (κ2) is 7.66. The molecule has 0 aliphatic rings. The highest BCUT2D eigenvalue weighted by molar-refractivity contribution is 7.92. The molecule has 0 fully saturated rings. The van der Waals surface area contributed by atoms with Gasteiger partial charge in [0.25, 0.3) is 5.91 Å². The third-order valence-corrected chi connectivity index (χ3v) is 6.77. The van der Waals surface area contributed by atoms with Crippen LogP contribution >= 0.6 is 11.3 Å². The number of sulfone groups is 1. The number of carbonyl (C=O) groups excluding carboxylic acids is 1. The molecular weight excluding hydrogens is 384 g/mol. The van der Waals surface area contributed by atoms with Gasteiger partial charge in [0.2, 0.25) is 0 Å². The highest BCUT2D eigenvalue weighted by Gasteiger charge is 2.19. The molecule has 0 aliphatic heterocycles. The quantitative estimate of drug-likeness (QED) is 0.655. The van der Waals surface area contributed by atoms with E-state index in [1.54, 1.807) is 12.1 Å². The fourth-order valence-electron chi connectivity index (χ4n) is 2.74. The van der Waals surface area contributed by atoms with Crippen molar-refractivity contribution in [1.82, 2.24) is 4.57 Å². The van der Waals surface area contributed by atoms with Crippen LogP contribution in [-0.2, 0) is 21.2 Å². The van der Waals surface area contributed by atoms with Gasteiger partial charge in [0, 0.05) is 6.54 Å². The van der Waals surface area contributed by atoms with E-state index in [1.807, 2.05) is 36.6 Å². The summed E-state index contributed by atoms with van der Waals surface area (Å²) in [5, 5.41) is 0. The molecule has 0 spiro atoms. The molecule has 0 saturated carbocycles. The van der Waals surface area contributed by atoms with E-state index in [1.165, 1.54) is 30.6 Å². The topological polar surface area (TPSA) is 77.7 Å². The fraction of sp³-hybridized carbons (Fsp3) is 0.263. The number of thiazole rings is 1. The van der Waals surface area contributed by atoms with Crippen LogP contribution in [0.4, 0.5) is 0 Å². The van der Waals surface area contributed by atoms with Crippen LogP contribution in [0.3, 0.4) is 0 Å². The molecule has 0 atom stereocenters. The van der Waals surface area contributed by atoms with Crippen molar-refractivity contribution in [3.63, 3.8) is 0 Å². The molecule has 6 nitrogen and oxygen atoms in total. The number of methoxy groups -OCH3 is 1. The van der Waals surface area contributed by atoms with Gasteiger partial charge in [-0.1, -0.05) is 17.4 Å². The maximum Gasteiger partial charge on any atom is 0.263 e. The SMILES string of the molecule is CCn1c(=NC(=O)CS(=O)(=O)c2ccc(OC)cc2)sc2cc(C)ccc21. The van der Waals surface area contributed by atoms with E-state index in [4.69, 9.17) is 4.74 Å². The zero-order chi connectivity index (χ0) is 19.6. The van der Waals surface area contributed by atoms with E-state index in [-0.39, 0.29) is 4.90 Å². The van der Waals surface area contributed by atoms with Gasteiger partial charge >= 0.3 is 0 Å². The molecule has 1 aromatic heterocycles. The Hall–Kier alpha value is -2.45. The van der Waals surface area contributed by atoms with E-state index >= 15 is 0 Å². The standard InChI is InChI=1S/C19H20N2O4S2/c1-4-21-16-10-5-13(2)11-17(16)26-19(21)20-18(22)12-27(23,24)15-8-6-14(25-3)7-9-15/h5-11H,4,12H2,1-3H3. The van der Waals surface area contributed by atoms with Crippen molar-refractivity contribution in [3.8, 4) is 5.75 Å². The number of carbonyl (C=O) groups is 1. The lowest BCUT2D eigenvalue weighted by atomic mass is 10.2. The largest absolute Gasteiger partial charge is 0.497 e. The van der Waals surface area contributed by atoms with E-state index in [9.17, 15) is 13.2 Å². The first-order valence-corrected chi connectivity index (χ1v) is 10.9. The van der Waals surface area contributed by atoms with Gasteiger partial charge in [-0.25, -0.2) is 8.42 Å². The zero-order valence-corrected chi connectivity index (χ0v) is 16.9. The summed E-state index contributed by atoms with van der Waals surface area (Å²) < 4.78 is 32.9. The number of benzene rings is 2. The van der Waals surface area contributed by atoms with Gasteiger partial charge in [-0.2, -0.15) is 4.99 Å². The van der Waals surface area contributed by atoms with Gasteiger partial charge < -0.3 is 9.30 Å². The molecule has 3 rings (SSSR count). The molecule has 142 valence electrons. The number of hydrogen-bond acceptors (Lipinski definition) is 5. The highest BCUT2D eigenvalue weighted by Crippen LogP contribution is 2.19. The smallest absolute Gasteiger partial charge is 0.263 e. The summed E-state index contributed by atoms with van der Waals surface area (Å²) >= 11 is 1.38. The number of hydrogen-bond donors (Lipinski definition) is 0. The van der Waals surface area contributed by atoms with Crippen LogP contribution in [0.15, 0.2) is 52.4 Å². The predicted octanol–water partition coefficient (Wildman–Crippen LogP) is 2.94. The normalized spacial score (nSPS) is 12.5. The first-order valence-electron chi connectivity index (χ1n) is 8.38. The maximum atomic E-state index is 12.5. The molecule has 0 aliphatic carbocycles. The van der Waals surface area contributed by atoms with Crippen molar-refractivity contribution in [2.75, 3.05) is 12.9 Å². The van der Waals surface area contributed by atoms with Crippen molar-refractivity contribution in [2.24, 2.45) is 4.99 Å². The number of fused-ring (bicyclic) bond motifs is 1. The van der Waals surface area contributed by atoms with Crippen molar-refractivity contribution < 1.29 is 17.9 Å². The Balaban J connectivity index is 1.93. The molecule has 1 heterocycles. The molecule has 0 saturated heterocycles. The summed E-state index contributed by atoms with van der Waals surface area (Å²) in [5.74, 6) is -0.804. The van der Waals surface area contributed by atoms with Gasteiger partial charge in [0.15, 0.2) is 14.6 Å². The monoisotopic (exact) mass is 404 g/mol. The lowest BCUT2D eigenvalue weighted by molar-refractivity contribution is -0.115. The molecule has 3 aromatic rings. The predicted molar refractivity (Wildman–Crippen MR) is 106 cm³/mol.